The summed E-state index contributed by atoms with van der Waals surface area (Å²) < 4.78 is 0. The van der Waals surface area contributed by atoms with Crippen molar-refractivity contribution >= 4 is 46.4 Å². The predicted octanol–water partition coefficient (Wildman–Crippen LogP) is 4.95. The van der Waals surface area contributed by atoms with Crippen molar-refractivity contribution in [1.82, 2.24) is 5.32 Å². The summed E-state index contributed by atoms with van der Waals surface area (Å²) in [4.78, 5) is 26.7. The molecular formula is C21H23ClN2O2S. The van der Waals surface area contributed by atoms with Gasteiger partial charge >= 0.3 is 0 Å². The third-order valence-electron chi connectivity index (χ3n) is 4.37. The number of hydrogen-bond donors (Lipinski definition) is 1. The lowest BCUT2D eigenvalue weighted by Gasteiger charge is -2.29. The number of allylic oxidation sites excluding steroid dienone is 4. The van der Waals surface area contributed by atoms with Gasteiger partial charge in [-0.15, -0.1) is 6.58 Å². The third-order valence-corrected chi connectivity index (χ3v) is 4.90. The van der Waals surface area contributed by atoms with Crippen molar-refractivity contribution in [3.05, 3.63) is 65.2 Å². The number of amides is 2. The van der Waals surface area contributed by atoms with E-state index in [2.05, 4.69) is 24.9 Å². The molecular weight excluding hydrogens is 380 g/mol. The summed E-state index contributed by atoms with van der Waals surface area (Å²) in [7, 11) is 0. The Bertz CT molecular complexity index is 812. The van der Waals surface area contributed by atoms with Crippen molar-refractivity contribution in [2.24, 2.45) is 5.92 Å². The van der Waals surface area contributed by atoms with Gasteiger partial charge in [-0.25, -0.2) is 0 Å². The summed E-state index contributed by atoms with van der Waals surface area (Å²) in [5.74, 6) is -0.599. The van der Waals surface area contributed by atoms with E-state index in [-0.39, 0.29) is 10.7 Å². The summed E-state index contributed by atoms with van der Waals surface area (Å²) in [6.07, 6.45) is 8.17. The standard InChI is InChI=1S/C21H23ClN2O2S/c1-4-7-14(5-2)12-15(6-3)13-18-19(25)23-21(27)24(20(18)26)17-10-8-16(22)9-11-17/h4,8-14H,1,5-7H2,2-3H3,(H,23,25,27)/b15-12-,18-13+. The zero-order valence-corrected chi connectivity index (χ0v) is 17.1. The van der Waals surface area contributed by atoms with Crippen molar-refractivity contribution in [3.8, 4) is 0 Å². The molecule has 1 aromatic carbocycles. The summed E-state index contributed by atoms with van der Waals surface area (Å²) in [6.45, 7) is 7.88. The van der Waals surface area contributed by atoms with Crippen LogP contribution in [0.2, 0.25) is 5.02 Å². The Hall–Kier alpha value is -2.24. The van der Waals surface area contributed by atoms with Gasteiger partial charge in [0.05, 0.1) is 5.69 Å². The van der Waals surface area contributed by atoms with Crippen LogP contribution in [-0.4, -0.2) is 16.9 Å². The number of carbonyl (C=O) groups excluding carboxylic acids is 2. The van der Waals surface area contributed by atoms with Gasteiger partial charge in [-0.05, 0) is 67.7 Å². The monoisotopic (exact) mass is 402 g/mol. The molecule has 1 N–H and O–H groups in total. The predicted molar refractivity (Wildman–Crippen MR) is 115 cm³/mol. The van der Waals surface area contributed by atoms with Crippen LogP contribution >= 0.6 is 23.8 Å². The van der Waals surface area contributed by atoms with Crippen molar-refractivity contribution in [2.45, 2.75) is 33.1 Å². The average molecular weight is 403 g/mol. The van der Waals surface area contributed by atoms with Gasteiger partial charge in [0.15, 0.2) is 5.11 Å². The number of nitrogens with one attached hydrogen (secondary N) is 1. The maximum Gasteiger partial charge on any atom is 0.270 e. The highest BCUT2D eigenvalue weighted by molar-refractivity contribution is 7.80. The molecule has 142 valence electrons. The molecule has 2 amide bonds. The van der Waals surface area contributed by atoms with Gasteiger partial charge < -0.3 is 0 Å². The fourth-order valence-electron chi connectivity index (χ4n) is 2.80. The Labute approximate surface area is 170 Å². The van der Waals surface area contributed by atoms with Crippen LogP contribution in [0.4, 0.5) is 5.69 Å². The minimum Gasteiger partial charge on any atom is -0.298 e. The topological polar surface area (TPSA) is 49.4 Å². The highest BCUT2D eigenvalue weighted by Gasteiger charge is 2.34. The van der Waals surface area contributed by atoms with E-state index in [4.69, 9.17) is 23.8 Å². The summed E-state index contributed by atoms with van der Waals surface area (Å²) in [6, 6.07) is 6.72. The van der Waals surface area contributed by atoms with Crippen LogP contribution < -0.4 is 10.2 Å². The fraction of sp³-hybridized carbons (Fsp3) is 0.286. The van der Waals surface area contributed by atoms with Crippen molar-refractivity contribution in [2.75, 3.05) is 4.90 Å². The highest BCUT2D eigenvalue weighted by atomic mass is 35.5. The molecule has 0 aliphatic carbocycles. The lowest BCUT2D eigenvalue weighted by atomic mass is 9.96. The zero-order chi connectivity index (χ0) is 20.0. The quantitative estimate of drug-likeness (QED) is 0.304. The van der Waals surface area contributed by atoms with E-state index in [1.807, 2.05) is 13.0 Å². The third kappa shape index (κ3) is 5.15. The molecule has 1 aromatic rings. The summed E-state index contributed by atoms with van der Waals surface area (Å²) >= 11 is 11.1. The van der Waals surface area contributed by atoms with Crippen LogP contribution in [0.25, 0.3) is 0 Å². The molecule has 1 unspecified atom stereocenters. The maximum atomic E-state index is 13.0. The first-order valence-corrected chi connectivity index (χ1v) is 9.68. The first kappa shape index (κ1) is 21.1. The molecule has 0 bridgehead atoms. The molecule has 1 fully saturated rings. The SMILES string of the molecule is C=CCC(/C=C(\C=C1/C(=O)NC(=S)N(c2ccc(Cl)cc2)C1=O)CC)CC. The first-order chi connectivity index (χ1) is 12.9. The molecule has 0 saturated carbocycles. The number of nitrogens with zero attached hydrogens (tertiary/aromatic N) is 1. The number of rotatable bonds is 7. The van der Waals surface area contributed by atoms with Crippen LogP contribution in [0.1, 0.15) is 33.1 Å². The summed E-state index contributed by atoms with van der Waals surface area (Å²) in [5, 5.41) is 3.21. The van der Waals surface area contributed by atoms with E-state index >= 15 is 0 Å². The van der Waals surface area contributed by atoms with Gasteiger partial charge in [0, 0.05) is 5.02 Å². The second-order valence-corrected chi connectivity index (χ2v) is 7.05. The number of anilines is 1. The Morgan fingerprint density at radius 1 is 1.30 bits per heavy atom. The largest absolute Gasteiger partial charge is 0.298 e. The number of thiocarbonyl (C=S) groups is 1. The van der Waals surface area contributed by atoms with Crippen molar-refractivity contribution in [3.63, 3.8) is 0 Å². The van der Waals surface area contributed by atoms with E-state index in [0.29, 0.717) is 23.0 Å². The Morgan fingerprint density at radius 3 is 2.52 bits per heavy atom. The van der Waals surface area contributed by atoms with Crippen LogP contribution in [0.3, 0.4) is 0 Å². The molecule has 0 spiro atoms. The normalized spacial score (nSPS) is 17.9. The van der Waals surface area contributed by atoms with E-state index < -0.39 is 11.8 Å². The number of halogens is 1. The number of hydrogen-bond acceptors (Lipinski definition) is 3. The molecule has 6 heteroatoms. The van der Waals surface area contributed by atoms with Gasteiger partial charge in [-0.1, -0.05) is 43.2 Å². The Balaban J connectivity index is 2.40. The van der Waals surface area contributed by atoms with Crippen LogP contribution in [-0.2, 0) is 9.59 Å². The van der Waals surface area contributed by atoms with Crippen LogP contribution in [0, 0.1) is 5.92 Å². The molecule has 0 aromatic heterocycles. The number of benzene rings is 1. The van der Waals surface area contributed by atoms with Gasteiger partial charge in [0.2, 0.25) is 0 Å². The first-order valence-electron chi connectivity index (χ1n) is 8.89. The average Bonchev–Trinajstić information content (AvgIpc) is 2.64. The fourth-order valence-corrected chi connectivity index (χ4v) is 3.21. The molecule has 2 rings (SSSR count). The minimum atomic E-state index is -0.480. The van der Waals surface area contributed by atoms with Gasteiger partial charge in [-0.3, -0.25) is 19.8 Å². The van der Waals surface area contributed by atoms with E-state index in [1.54, 1.807) is 30.3 Å². The van der Waals surface area contributed by atoms with Crippen molar-refractivity contribution in [1.29, 1.82) is 0 Å². The maximum absolute atomic E-state index is 13.0. The molecule has 1 aliphatic rings. The Morgan fingerprint density at radius 2 is 1.96 bits per heavy atom. The van der Waals surface area contributed by atoms with Gasteiger partial charge in [0.25, 0.3) is 11.8 Å². The molecule has 27 heavy (non-hydrogen) atoms. The molecule has 1 heterocycles. The smallest absolute Gasteiger partial charge is 0.270 e. The Kier molecular flexibility index (Phi) is 7.51. The van der Waals surface area contributed by atoms with Crippen LogP contribution in [0.15, 0.2) is 60.2 Å². The second-order valence-electron chi connectivity index (χ2n) is 6.22. The second kappa shape index (κ2) is 9.62. The molecule has 1 saturated heterocycles. The van der Waals surface area contributed by atoms with Crippen molar-refractivity contribution < 1.29 is 9.59 Å². The molecule has 1 aliphatic heterocycles. The van der Waals surface area contributed by atoms with Crippen LogP contribution in [0.5, 0.6) is 0 Å². The van der Waals surface area contributed by atoms with Gasteiger partial charge in [0.1, 0.15) is 5.57 Å². The lowest BCUT2D eigenvalue weighted by Crippen LogP contribution is -2.54. The van der Waals surface area contributed by atoms with Gasteiger partial charge in [-0.2, -0.15) is 0 Å². The van der Waals surface area contributed by atoms with E-state index in [0.717, 1.165) is 18.4 Å². The molecule has 0 radical (unpaired) electrons. The zero-order valence-electron chi connectivity index (χ0n) is 15.5. The van der Waals surface area contributed by atoms with E-state index in [9.17, 15) is 9.59 Å². The summed E-state index contributed by atoms with van der Waals surface area (Å²) in [5.41, 5.74) is 1.56. The number of carbonyl (C=O) groups is 2. The molecule has 4 nitrogen and oxygen atoms in total. The lowest BCUT2D eigenvalue weighted by molar-refractivity contribution is -0.122. The highest BCUT2D eigenvalue weighted by Crippen LogP contribution is 2.24. The van der Waals surface area contributed by atoms with E-state index in [1.165, 1.54) is 4.90 Å². The minimum absolute atomic E-state index is 0.0598. The molecule has 1 atom stereocenters.